The largest absolute Gasteiger partial charge is 0.378 e. The zero-order chi connectivity index (χ0) is 19.2. The second-order valence-electron chi connectivity index (χ2n) is 6.13. The van der Waals surface area contributed by atoms with Crippen molar-refractivity contribution in [2.24, 2.45) is 0 Å². The van der Waals surface area contributed by atoms with Gasteiger partial charge in [0.25, 0.3) is 5.91 Å². The maximum atomic E-state index is 12.2. The standard InChI is InChI=1S/C20H20N4O2S/c1-24(2)17-10-8-15(9-11-17)21-18(25)12-16-13-27-20(22-16)23-19(26)14-6-4-3-5-7-14/h3-11,13H,12H2,1-2H3,(H,21,25)(H,22,23,26). The van der Waals surface area contributed by atoms with Crippen LogP contribution in [0.25, 0.3) is 0 Å². The summed E-state index contributed by atoms with van der Waals surface area (Å²) in [5.41, 5.74) is 2.98. The molecule has 0 aliphatic heterocycles. The predicted molar refractivity (Wildman–Crippen MR) is 110 cm³/mol. The number of carbonyl (C=O) groups excluding carboxylic acids is 2. The number of nitrogens with one attached hydrogen (secondary N) is 2. The van der Waals surface area contributed by atoms with E-state index in [0.717, 1.165) is 11.4 Å². The molecule has 3 rings (SSSR count). The van der Waals surface area contributed by atoms with Crippen LogP contribution in [0.2, 0.25) is 0 Å². The number of aromatic nitrogens is 1. The molecule has 0 spiro atoms. The van der Waals surface area contributed by atoms with Gasteiger partial charge in [-0.25, -0.2) is 4.98 Å². The molecule has 0 aliphatic rings. The lowest BCUT2D eigenvalue weighted by atomic mass is 10.2. The van der Waals surface area contributed by atoms with Crippen LogP contribution < -0.4 is 15.5 Å². The molecule has 1 aromatic heterocycles. The molecule has 138 valence electrons. The van der Waals surface area contributed by atoms with Crippen LogP contribution in [-0.4, -0.2) is 30.9 Å². The van der Waals surface area contributed by atoms with Gasteiger partial charge < -0.3 is 10.2 Å². The van der Waals surface area contributed by atoms with E-state index in [4.69, 9.17) is 0 Å². The van der Waals surface area contributed by atoms with Gasteiger partial charge in [-0.3, -0.25) is 14.9 Å². The third-order valence-electron chi connectivity index (χ3n) is 3.82. The number of benzene rings is 2. The Morgan fingerprint density at radius 1 is 1.00 bits per heavy atom. The molecule has 0 saturated heterocycles. The molecule has 0 fully saturated rings. The van der Waals surface area contributed by atoms with Crippen LogP contribution in [-0.2, 0) is 11.2 Å². The third kappa shape index (κ3) is 5.15. The van der Waals surface area contributed by atoms with E-state index in [1.807, 2.05) is 49.3 Å². The lowest BCUT2D eigenvalue weighted by Gasteiger charge is -2.12. The normalized spacial score (nSPS) is 10.3. The minimum Gasteiger partial charge on any atom is -0.378 e. The number of hydrogen-bond donors (Lipinski definition) is 2. The average Bonchev–Trinajstić information content (AvgIpc) is 3.09. The van der Waals surface area contributed by atoms with Crippen LogP contribution in [0.15, 0.2) is 60.0 Å². The Labute approximate surface area is 161 Å². The molecule has 6 nitrogen and oxygen atoms in total. The van der Waals surface area contributed by atoms with E-state index in [-0.39, 0.29) is 18.2 Å². The first kappa shape index (κ1) is 18.6. The summed E-state index contributed by atoms with van der Waals surface area (Å²) in [6.45, 7) is 0. The highest BCUT2D eigenvalue weighted by molar-refractivity contribution is 7.14. The number of rotatable bonds is 6. The fourth-order valence-corrected chi connectivity index (χ4v) is 3.12. The first-order valence-electron chi connectivity index (χ1n) is 8.39. The van der Waals surface area contributed by atoms with Gasteiger partial charge in [0.05, 0.1) is 12.1 Å². The van der Waals surface area contributed by atoms with E-state index in [9.17, 15) is 9.59 Å². The average molecular weight is 380 g/mol. The van der Waals surface area contributed by atoms with E-state index >= 15 is 0 Å². The molecule has 2 aromatic carbocycles. The zero-order valence-corrected chi connectivity index (χ0v) is 15.9. The van der Waals surface area contributed by atoms with Crippen molar-refractivity contribution in [3.63, 3.8) is 0 Å². The summed E-state index contributed by atoms with van der Waals surface area (Å²) in [5, 5.41) is 7.85. The highest BCUT2D eigenvalue weighted by Gasteiger charge is 2.11. The molecule has 0 aliphatic carbocycles. The first-order chi connectivity index (χ1) is 13.0. The number of hydrogen-bond acceptors (Lipinski definition) is 5. The molecule has 1 heterocycles. The van der Waals surface area contributed by atoms with Crippen molar-refractivity contribution < 1.29 is 9.59 Å². The quantitative estimate of drug-likeness (QED) is 0.685. The maximum absolute atomic E-state index is 12.2. The van der Waals surface area contributed by atoms with Crippen LogP contribution in [0.4, 0.5) is 16.5 Å². The SMILES string of the molecule is CN(C)c1ccc(NC(=O)Cc2csc(NC(=O)c3ccccc3)n2)cc1. The van der Waals surface area contributed by atoms with Crippen LogP contribution in [0, 0.1) is 0 Å². The molecule has 27 heavy (non-hydrogen) atoms. The smallest absolute Gasteiger partial charge is 0.257 e. The summed E-state index contributed by atoms with van der Waals surface area (Å²) >= 11 is 1.30. The second kappa shape index (κ2) is 8.46. The monoisotopic (exact) mass is 380 g/mol. The lowest BCUT2D eigenvalue weighted by Crippen LogP contribution is -2.15. The molecular weight excluding hydrogens is 360 g/mol. The Morgan fingerprint density at radius 3 is 2.37 bits per heavy atom. The van der Waals surface area contributed by atoms with E-state index in [0.29, 0.717) is 16.4 Å². The molecule has 2 amide bonds. The number of anilines is 3. The molecule has 7 heteroatoms. The Bertz CT molecular complexity index is 921. The molecule has 0 radical (unpaired) electrons. The van der Waals surface area contributed by atoms with Gasteiger partial charge in [-0.15, -0.1) is 11.3 Å². The Kier molecular flexibility index (Phi) is 5.83. The number of thiazole rings is 1. The van der Waals surface area contributed by atoms with Crippen molar-refractivity contribution in [1.82, 2.24) is 4.98 Å². The van der Waals surface area contributed by atoms with Crippen molar-refractivity contribution in [2.45, 2.75) is 6.42 Å². The predicted octanol–water partition coefficient (Wildman–Crippen LogP) is 3.64. The molecule has 0 saturated carbocycles. The van der Waals surface area contributed by atoms with Crippen molar-refractivity contribution in [3.8, 4) is 0 Å². The van der Waals surface area contributed by atoms with Crippen molar-refractivity contribution in [1.29, 1.82) is 0 Å². The van der Waals surface area contributed by atoms with Crippen molar-refractivity contribution in [3.05, 3.63) is 71.2 Å². The number of carbonyl (C=O) groups is 2. The van der Waals surface area contributed by atoms with Gasteiger partial charge in [0, 0.05) is 36.4 Å². The summed E-state index contributed by atoms with van der Waals surface area (Å²) in [5.74, 6) is -0.374. The minimum absolute atomic E-state index is 0.146. The van der Waals surface area contributed by atoms with Gasteiger partial charge in [0.2, 0.25) is 5.91 Å². The summed E-state index contributed by atoms with van der Waals surface area (Å²) in [4.78, 5) is 30.7. The molecule has 0 atom stereocenters. The number of amides is 2. The van der Waals surface area contributed by atoms with E-state index < -0.39 is 0 Å². The topological polar surface area (TPSA) is 74.3 Å². The molecular formula is C20H20N4O2S. The van der Waals surface area contributed by atoms with Gasteiger partial charge in [-0.1, -0.05) is 18.2 Å². The highest BCUT2D eigenvalue weighted by Crippen LogP contribution is 2.19. The van der Waals surface area contributed by atoms with Crippen LogP contribution >= 0.6 is 11.3 Å². The van der Waals surface area contributed by atoms with Crippen LogP contribution in [0.5, 0.6) is 0 Å². The van der Waals surface area contributed by atoms with Gasteiger partial charge in [0.1, 0.15) is 0 Å². The Balaban J connectivity index is 1.55. The fourth-order valence-electron chi connectivity index (χ4n) is 2.42. The zero-order valence-electron chi connectivity index (χ0n) is 15.1. The highest BCUT2D eigenvalue weighted by atomic mass is 32.1. The number of nitrogens with zero attached hydrogens (tertiary/aromatic N) is 2. The van der Waals surface area contributed by atoms with Gasteiger partial charge in [-0.05, 0) is 36.4 Å². The van der Waals surface area contributed by atoms with Crippen LogP contribution in [0.3, 0.4) is 0 Å². The summed E-state index contributed by atoms with van der Waals surface area (Å²) < 4.78 is 0. The summed E-state index contributed by atoms with van der Waals surface area (Å²) in [7, 11) is 3.92. The second-order valence-corrected chi connectivity index (χ2v) is 6.99. The summed E-state index contributed by atoms with van der Waals surface area (Å²) in [6.07, 6.45) is 0.146. The third-order valence-corrected chi connectivity index (χ3v) is 4.62. The molecule has 0 bridgehead atoms. The van der Waals surface area contributed by atoms with E-state index in [2.05, 4.69) is 15.6 Å². The summed E-state index contributed by atoms with van der Waals surface area (Å²) in [6, 6.07) is 16.5. The minimum atomic E-state index is -0.220. The van der Waals surface area contributed by atoms with Gasteiger partial charge in [-0.2, -0.15) is 0 Å². The first-order valence-corrected chi connectivity index (χ1v) is 9.27. The Morgan fingerprint density at radius 2 is 1.70 bits per heavy atom. The van der Waals surface area contributed by atoms with Crippen molar-refractivity contribution >= 4 is 39.7 Å². The Hall–Kier alpha value is -3.19. The molecule has 2 N–H and O–H groups in total. The fraction of sp³-hybridized carbons (Fsp3) is 0.150. The molecule has 3 aromatic rings. The lowest BCUT2D eigenvalue weighted by molar-refractivity contribution is -0.115. The van der Waals surface area contributed by atoms with E-state index in [1.54, 1.807) is 29.6 Å². The van der Waals surface area contributed by atoms with Gasteiger partial charge in [0.15, 0.2) is 5.13 Å². The molecule has 0 unspecified atom stereocenters. The van der Waals surface area contributed by atoms with Crippen LogP contribution in [0.1, 0.15) is 16.1 Å². The van der Waals surface area contributed by atoms with E-state index in [1.165, 1.54) is 11.3 Å². The maximum Gasteiger partial charge on any atom is 0.257 e. The van der Waals surface area contributed by atoms with Crippen molar-refractivity contribution in [2.75, 3.05) is 29.6 Å². The van der Waals surface area contributed by atoms with Gasteiger partial charge >= 0.3 is 0 Å².